The van der Waals surface area contributed by atoms with Crippen molar-refractivity contribution in [2.45, 2.75) is 90.2 Å². The molecule has 1 rings (SSSR count). The van der Waals surface area contributed by atoms with Crippen LogP contribution in [0.2, 0.25) is 0 Å². The summed E-state index contributed by atoms with van der Waals surface area (Å²) in [5.74, 6) is -1.86. The molecule has 0 aliphatic carbocycles. The second-order valence-corrected chi connectivity index (χ2v) is 12.9. The quantitative estimate of drug-likeness (QED) is 0.0478. The molecule has 4 N–H and O–H groups in total. The number of carbonyl (C=O) groups excluding carboxylic acids is 5. The number of carboxylic acids is 1. The molecule has 0 aliphatic rings. The number of carbonyl (C=O) groups is 6. The minimum absolute atomic E-state index is 0.0684. The van der Waals surface area contributed by atoms with Gasteiger partial charge >= 0.3 is 11.9 Å². The Balaban J connectivity index is 1.91. The summed E-state index contributed by atoms with van der Waals surface area (Å²) in [4.78, 5) is 71.3. The molecule has 15 heteroatoms. The van der Waals surface area contributed by atoms with Gasteiger partial charge in [0.05, 0.1) is 59.2 Å². The third-order valence-corrected chi connectivity index (χ3v) is 7.17. The van der Waals surface area contributed by atoms with Gasteiger partial charge in [0.1, 0.15) is 17.4 Å². The first-order chi connectivity index (χ1) is 24.9. The summed E-state index contributed by atoms with van der Waals surface area (Å²) in [5.41, 5.74) is 0.00702. The molecule has 15 nitrogen and oxygen atoms in total. The van der Waals surface area contributed by atoms with Gasteiger partial charge in [-0.05, 0) is 46.5 Å². The summed E-state index contributed by atoms with van der Waals surface area (Å²) >= 11 is 0. The fraction of sp³-hybridized carbons (Fsp3) is 0.676. The van der Waals surface area contributed by atoms with Crippen molar-refractivity contribution in [3.8, 4) is 0 Å². The van der Waals surface area contributed by atoms with Crippen LogP contribution < -0.4 is 16.0 Å². The van der Waals surface area contributed by atoms with Gasteiger partial charge in [0.15, 0.2) is 5.78 Å². The van der Waals surface area contributed by atoms with E-state index in [4.69, 9.17) is 23.7 Å². The fourth-order valence-electron chi connectivity index (χ4n) is 4.48. The Morgan fingerprint density at radius 1 is 0.654 bits per heavy atom. The van der Waals surface area contributed by atoms with Crippen LogP contribution in [0.3, 0.4) is 0 Å². The summed E-state index contributed by atoms with van der Waals surface area (Å²) in [6.07, 6.45) is 3.17. The first-order valence-corrected chi connectivity index (χ1v) is 18.0. The van der Waals surface area contributed by atoms with E-state index >= 15 is 0 Å². The highest BCUT2D eigenvalue weighted by Gasteiger charge is 2.18. The maximum atomic E-state index is 12.2. The Morgan fingerprint density at radius 3 is 1.88 bits per heavy atom. The lowest BCUT2D eigenvalue weighted by Gasteiger charge is -2.19. The number of hydrogen-bond acceptors (Lipinski definition) is 12. The molecule has 0 saturated carbocycles. The van der Waals surface area contributed by atoms with Gasteiger partial charge in [-0.25, -0.2) is 0 Å². The number of amides is 2. The SMILES string of the molecule is CC(C)(C)OC(=O)CCOCCOCCCC(=O)CCOCCNC(=O)CCOCCC(=O)NCCCC[C@H](NCC(=O)c1ccccc1)C(=O)O. The number of ether oxygens (including phenoxy) is 5. The van der Waals surface area contributed by atoms with Crippen LogP contribution >= 0.6 is 0 Å². The highest BCUT2D eigenvalue weighted by atomic mass is 16.6. The maximum Gasteiger partial charge on any atom is 0.320 e. The Morgan fingerprint density at radius 2 is 1.23 bits per heavy atom. The molecule has 0 saturated heterocycles. The van der Waals surface area contributed by atoms with E-state index in [9.17, 15) is 33.9 Å². The van der Waals surface area contributed by atoms with Crippen LogP contribution in [0.15, 0.2) is 30.3 Å². The maximum absolute atomic E-state index is 12.2. The van der Waals surface area contributed by atoms with E-state index in [0.29, 0.717) is 70.6 Å². The highest BCUT2D eigenvalue weighted by molar-refractivity contribution is 5.97. The second-order valence-electron chi connectivity index (χ2n) is 12.9. The number of ketones is 2. The molecule has 52 heavy (non-hydrogen) atoms. The van der Waals surface area contributed by atoms with Gasteiger partial charge in [0.25, 0.3) is 0 Å². The molecule has 0 radical (unpaired) electrons. The number of hydrogen-bond donors (Lipinski definition) is 4. The van der Waals surface area contributed by atoms with Gasteiger partial charge in [-0.3, -0.25) is 34.1 Å². The first kappa shape index (κ1) is 46.3. The van der Waals surface area contributed by atoms with Crippen LogP contribution in [0, 0.1) is 0 Å². The molecule has 0 unspecified atom stereocenters. The first-order valence-electron chi connectivity index (χ1n) is 18.0. The minimum atomic E-state index is -1.03. The monoisotopic (exact) mass is 737 g/mol. The van der Waals surface area contributed by atoms with E-state index in [0.717, 1.165) is 0 Å². The average Bonchev–Trinajstić information content (AvgIpc) is 3.09. The second kappa shape index (κ2) is 28.8. The standard InChI is InChI=1S/C37H59N3O12/c1-37(2,3)52-35(45)17-24-51-27-26-48-20-9-12-30(41)14-21-50-25-19-39-34(44)16-23-49-22-15-33(43)38-18-8-7-13-31(36(46)47)40-28-32(42)29-10-5-4-6-11-29/h4-6,10-11,31,40H,7-9,12-28H2,1-3H3,(H,38,43)(H,39,44)(H,46,47)/t31-/m0/s1. The number of aliphatic carboxylic acids is 1. The van der Waals surface area contributed by atoms with Gasteiger partial charge in [0, 0.05) is 50.9 Å². The largest absolute Gasteiger partial charge is 0.480 e. The summed E-state index contributed by atoms with van der Waals surface area (Å²) in [6, 6.07) is 7.80. The molecule has 0 aromatic heterocycles. The predicted octanol–water partition coefficient (Wildman–Crippen LogP) is 2.63. The fourth-order valence-corrected chi connectivity index (χ4v) is 4.48. The molecule has 0 heterocycles. The molecule has 0 aliphatic heterocycles. The van der Waals surface area contributed by atoms with E-state index in [2.05, 4.69) is 16.0 Å². The Kier molecular flexibility index (Phi) is 25.6. The van der Waals surface area contributed by atoms with E-state index in [1.54, 1.807) is 30.3 Å². The number of esters is 1. The Hall–Kier alpha value is -3.76. The van der Waals surface area contributed by atoms with Crippen molar-refractivity contribution in [1.82, 2.24) is 16.0 Å². The molecule has 0 spiro atoms. The van der Waals surface area contributed by atoms with Crippen molar-refractivity contribution in [2.24, 2.45) is 0 Å². The van der Waals surface area contributed by atoms with Crippen molar-refractivity contribution >= 4 is 35.3 Å². The van der Waals surface area contributed by atoms with Crippen LogP contribution in [0.5, 0.6) is 0 Å². The lowest BCUT2D eigenvalue weighted by atomic mass is 10.1. The van der Waals surface area contributed by atoms with Gasteiger partial charge in [-0.1, -0.05) is 30.3 Å². The predicted molar refractivity (Wildman–Crippen MR) is 192 cm³/mol. The molecule has 0 bridgehead atoms. The number of nitrogens with one attached hydrogen (secondary N) is 3. The number of unbranched alkanes of at least 4 members (excludes halogenated alkanes) is 1. The molecule has 2 amide bonds. The molecule has 0 fully saturated rings. The zero-order chi connectivity index (χ0) is 38.5. The number of Topliss-reactive ketones (excluding diaryl/α,β-unsaturated/α-hetero) is 2. The zero-order valence-electron chi connectivity index (χ0n) is 31.0. The zero-order valence-corrected chi connectivity index (χ0v) is 31.0. The van der Waals surface area contributed by atoms with Crippen molar-refractivity contribution in [2.75, 3.05) is 72.5 Å². The van der Waals surface area contributed by atoms with Crippen molar-refractivity contribution in [3.05, 3.63) is 35.9 Å². The van der Waals surface area contributed by atoms with Crippen molar-refractivity contribution < 1.29 is 57.6 Å². The average molecular weight is 738 g/mol. The van der Waals surface area contributed by atoms with E-state index in [1.165, 1.54) is 0 Å². The lowest BCUT2D eigenvalue weighted by molar-refractivity contribution is -0.156. The molecule has 1 aromatic carbocycles. The van der Waals surface area contributed by atoms with Crippen LogP contribution in [0.4, 0.5) is 0 Å². The topological polar surface area (TPSA) is 205 Å². The third-order valence-electron chi connectivity index (χ3n) is 7.17. The van der Waals surface area contributed by atoms with E-state index < -0.39 is 17.6 Å². The number of benzene rings is 1. The Bertz CT molecular complexity index is 1190. The summed E-state index contributed by atoms with van der Waals surface area (Å²) in [5, 5.41) is 17.7. The smallest absolute Gasteiger partial charge is 0.320 e. The normalized spacial score (nSPS) is 11.8. The van der Waals surface area contributed by atoms with Crippen LogP contribution in [-0.2, 0) is 47.7 Å². The van der Waals surface area contributed by atoms with E-state index in [-0.39, 0.29) is 94.6 Å². The van der Waals surface area contributed by atoms with Gasteiger partial charge in [-0.15, -0.1) is 0 Å². The molecular weight excluding hydrogens is 678 g/mol. The van der Waals surface area contributed by atoms with E-state index in [1.807, 2.05) is 20.8 Å². The summed E-state index contributed by atoms with van der Waals surface area (Å²) in [6.45, 7) is 8.36. The molecule has 1 aromatic rings. The molecule has 1 atom stereocenters. The molecule has 294 valence electrons. The van der Waals surface area contributed by atoms with Crippen molar-refractivity contribution in [3.63, 3.8) is 0 Å². The minimum Gasteiger partial charge on any atom is -0.480 e. The van der Waals surface area contributed by atoms with Crippen molar-refractivity contribution in [1.29, 1.82) is 0 Å². The number of carboxylic acid groups (broad SMARTS) is 1. The van der Waals surface area contributed by atoms with Crippen LogP contribution in [-0.4, -0.2) is 125 Å². The summed E-state index contributed by atoms with van der Waals surface area (Å²) < 4.78 is 26.8. The van der Waals surface area contributed by atoms with Gasteiger partial charge in [-0.2, -0.15) is 0 Å². The third kappa shape index (κ3) is 27.0. The van der Waals surface area contributed by atoms with Crippen LogP contribution in [0.1, 0.15) is 88.9 Å². The lowest BCUT2D eigenvalue weighted by Crippen LogP contribution is -2.39. The summed E-state index contributed by atoms with van der Waals surface area (Å²) in [7, 11) is 0. The Labute approximate surface area is 307 Å². The van der Waals surface area contributed by atoms with Gasteiger partial charge in [0.2, 0.25) is 11.8 Å². The van der Waals surface area contributed by atoms with Gasteiger partial charge < -0.3 is 39.4 Å². The molecular formula is C37H59N3O12. The highest BCUT2D eigenvalue weighted by Crippen LogP contribution is 2.08. The number of rotatable bonds is 32. The van der Waals surface area contributed by atoms with Crippen LogP contribution in [0.25, 0.3) is 0 Å².